The number of rotatable bonds is 5. The normalized spacial score (nSPS) is 21.3. The van der Waals surface area contributed by atoms with Crippen molar-refractivity contribution in [1.82, 2.24) is 13.9 Å². The van der Waals surface area contributed by atoms with Crippen LogP contribution in [-0.2, 0) is 27.7 Å². The molecule has 4 rings (SSSR count). The maximum absolute atomic E-state index is 16.2. The van der Waals surface area contributed by atoms with Gasteiger partial charge in [-0.1, -0.05) is 17.7 Å². The average Bonchev–Trinajstić information content (AvgIpc) is 3.12. The van der Waals surface area contributed by atoms with Crippen molar-refractivity contribution in [2.45, 2.75) is 11.8 Å². The molecule has 1 aromatic heterocycles. The number of fused-ring (bicyclic) bond motifs is 1. The second-order valence-electron chi connectivity index (χ2n) is 7.82. The lowest BCUT2D eigenvalue weighted by molar-refractivity contribution is -0.00501. The number of aryl methyl sites for hydroxylation is 1. The smallest absolute Gasteiger partial charge is 0.277 e. The van der Waals surface area contributed by atoms with Crippen LogP contribution in [0.3, 0.4) is 0 Å². The molecule has 3 N–H and O–H groups in total. The third kappa shape index (κ3) is 4.10. The molecule has 34 heavy (non-hydrogen) atoms. The lowest BCUT2D eigenvalue weighted by Crippen LogP contribution is -2.37. The molecule has 3 aromatic rings. The Morgan fingerprint density at radius 1 is 1.35 bits per heavy atom. The summed E-state index contributed by atoms with van der Waals surface area (Å²) in [5, 5.41) is 7.92. The van der Waals surface area contributed by atoms with Crippen molar-refractivity contribution in [1.29, 1.82) is 0 Å². The minimum absolute atomic E-state index is 0.175. The minimum Gasteiger partial charge on any atom is -0.376 e. The molecule has 2 atom stereocenters. The number of aromatic nitrogens is 2. The number of hydrogen-bond donors (Lipinski definition) is 2. The molecule has 1 aliphatic heterocycles. The fourth-order valence-corrected chi connectivity index (χ4v) is 5.61. The van der Waals surface area contributed by atoms with Crippen molar-refractivity contribution < 1.29 is 21.9 Å². The van der Waals surface area contributed by atoms with Crippen molar-refractivity contribution in [2.75, 3.05) is 25.5 Å². The predicted octanol–water partition coefficient (Wildman–Crippen LogP) is 2.93. The number of nitrogens with two attached hydrogens (primary N) is 1. The van der Waals surface area contributed by atoms with Crippen LogP contribution in [0.2, 0.25) is 5.02 Å². The first-order valence-electron chi connectivity index (χ1n) is 9.77. The van der Waals surface area contributed by atoms with Crippen LogP contribution in [0.1, 0.15) is 5.56 Å². The summed E-state index contributed by atoms with van der Waals surface area (Å²) in [6, 6.07) is 5.27. The molecule has 0 spiro atoms. The zero-order chi connectivity index (χ0) is 25.0. The maximum atomic E-state index is 16.2. The molecular weight excluding hydrogens is 560 g/mol. The summed E-state index contributed by atoms with van der Waals surface area (Å²) in [7, 11) is -1.43. The first-order chi connectivity index (χ1) is 15.9. The van der Waals surface area contributed by atoms with Crippen LogP contribution < -0.4 is 16.0 Å². The molecule has 0 saturated carbocycles. The number of nitrogens with zero attached hydrogens (tertiary/aromatic N) is 3. The topological polar surface area (TPSA) is 120 Å². The minimum atomic E-state index is -4.20. The van der Waals surface area contributed by atoms with Gasteiger partial charge in [0.2, 0.25) is 0 Å². The van der Waals surface area contributed by atoms with E-state index in [1.165, 1.54) is 18.0 Å². The summed E-state index contributed by atoms with van der Waals surface area (Å²) >= 11 is 9.81. The van der Waals surface area contributed by atoms with E-state index in [4.69, 9.17) is 21.5 Å². The molecule has 2 aromatic carbocycles. The van der Waals surface area contributed by atoms with Crippen LogP contribution >= 0.6 is 27.5 Å². The molecule has 1 aliphatic rings. The number of nitrogens with one attached hydrogen (secondary N) is 1. The van der Waals surface area contributed by atoms with Gasteiger partial charge in [0.15, 0.2) is 5.67 Å². The highest BCUT2D eigenvalue weighted by Gasteiger charge is 2.53. The Balaban J connectivity index is 1.81. The predicted molar refractivity (Wildman–Crippen MR) is 128 cm³/mol. The summed E-state index contributed by atoms with van der Waals surface area (Å²) in [6.45, 7) is -0.995. The second kappa shape index (κ2) is 8.81. The number of hydrogen-bond acceptors (Lipinski definition) is 6. The molecule has 9 nitrogen and oxygen atoms in total. The molecule has 1 fully saturated rings. The van der Waals surface area contributed by atoms with E-state index in [9.17, 15) is 17.6 Å². The Bertz CT molecular complexity index is 1470. The molecule has 0 bridgehead atoms. The maximum Gasteiger partial charge on any atom is 0.277 e. The number of methoxy groups -OCH3 is 1. The van der Waals surface area contributed by atoms with E-state index in [-0.39, 0.29) is 39.5 Å². The lowest BCUT2D eigenvalue weighted by atomic mass is 9.92. The first kappa shape index (κ1) is 24.9. The van der Waals surface area contributed by atoms with E-state index in [0.717, 1.165) is 16.4 Å². The molecule has 0 aliphatic carbocycles. The van der Waals surface area contributed by atoms with Gasteiger partial charge in [-0.05, 0) is 34.1 Å². The molecule has 0 radical (unpaired) electrons. The standard InChI is InChI=1S/C20H19BrClF2N5O4S/c1-28-9-26-12-5-6-13(16(21)15(12)19(28)30)27-18-11(23)4-3-10(17(18)22)20(24)8-29(34(25,31)32)7-14(20)33-2/h3-6,9,14,27H,7-8H2,1-2H3,(H2,25,31,32). The SMILES string of the molecule is COC1CN(S(N)(=O)=O)CC1(F)c1ccc(F)c(Nc2ccc3ncn(C)c(=O)c3c2Br)c1Cl. The van der Waals surface area contributed by atoms with Crippen molar-refractivity contribution in [3.05, 3.63) is 61.8 Å². The van der Waals surface area contributed by atoms with Gasteiger partial charge in [0, 0.05) is 26.3 Å². The summed E-state index contributed by atoms with van der Waals surface area (Å²) in [6.07, 6.45) is 0.145. The van der Waals surface area contributed by atoms with Crippen molar-refractivity contribution in [3.8, 4) is 0 Å². The highest BCUT2D eigenvalue weighted by molar-refractivity contribution is 9.10. The Kier molecular flexibility index (Phi) is 6.46. The van der Waals surface area contributed by atoms with Gasteiger partial charge in [-0.25, -0.2) is 18.9 Å². The van der Waals surface area contributed by atoms with Gasteiger partial charge in [-0.3, -0.25) is 4.79 Å². The number of ether oxygens (including phenoxy) is 1. The molecule has 0 amide bonds. The van der Waals surface area contributed by atoms with Crippen LogP contribution in [0.25, 0.3) is 10.9 Å². The van der Waals surface area contributed by atoms with Crippen LogP contribution in [0.5, 0.6) is 0 Å². The Hall–Kier alpha value is -2.16. The van der Waals surface area contributed by atoms with E-state index in [1.807, 2.05) is 0 Å². The lowest BCUT2D eigenvalue weighted by Gasteiger charge is -2.27. The molecule has 1 saturated heterocycles. The Morgan fingerprint density at radius 2 is 2.06 bits per heavy atom. The Morgan fingerprint density at radius 3 is 2.71 bits per heavy atom. The number of benzene rings is 2. The summed E-state index contributed by atoms with van der Waals surface area (Å²) in [4.78, 5) is 16.8. The molecule has 14 heteroatoms. The van der Waals surface area contributed by atoms with E-state index < -0.39 is 34.3 Å². The van der Waals surface area contributed by atoms with E-state index in [2.05, 4.69) is 26.2 Å². The Labute approximate surface area is 206 Å². The summed E-state index contributed by atoms with van der Waals surface area (Å²) in [5.41, 5.74) is -2.47. The summed E-state index contributed by atoms with van der Waals surface area (Å²) in [5.74, 6) is -0.793. The molecular formula is C20H19BrClF2N5O4S. The van der Waals surface area contributed by atoms with Crippen LogP contribution in [0, 0.1) is 5.82 Å². The van der Waals surface area contributed by atoms with Crippen molar-refractivity contribution >= 4 is 60.0 Å². The highest BCUT2D eigenvalue weighted by Crippen LogP contribution is 2.45. The zero-order valence-electron chi connectivity index (χ0n) is 17.9. The van der Waals surface area contributed by atoms with E-state index in [1.54, 1.807) is 19.2 Å². The number of halogens is 4. The van der Waals surface area contributed by atoms with Crippen molar-refractivity contribution in [3.63, 3.8) is 0 Å². The fraction of sp³-hybridized carbons (Fsp3) is 0.300. The van der Waals surface area contributed by atoms with Crippen LogP contribution in [0.4, 0.5) is 20.2 Å². The monoisotopic (exact) mass is 577 g/mol. The number of anilines is 2. The van der Waals surface area contributed by atoms with Crippen LogP contribution in [-0.4, -0.2) is 48.6 Å². The van der Waals surface area contributed by atoms with Gasteiger partial charge in [-0.15, -0.1) is 0 Å². The van der Waals surface area contributed by atoms with Gasteiger partial charge >= 0.3 is 0 Å². The van der Waals surface area contributed by atoms with Crippen molar-refractivity contribution in [2.24, 2.45) is 12.2 Å². The van der Waals surface area contributed by atoms with Gasteiger partial charge in [-0.2, -0.15) is 12.7 Å². The summed E-state index contributed by atoms with van der Waals surface area (Å²) < 4.78 is 62.2. The molecule has 2 heterocycles. The van der Waals surface area contributed by atoms with E-state index in [0.29, 0.717) is 9.99 Å². The third-order valence-electron chi connectivity index (χ3n) is 5.75. The van der Waals surface area contributed by atoms with Gasteiger partial charge in [0.05, 0.1) is 44.6 Å². The van der Waals surface area contributed by atoms with Gasteiger partial charge < -0.3 is 14.6 Å². The third-order valence-corrected chi connectivity index (χ3v) is 7.97. The quantitative estimate of drug-likeness (QED) is 0.481. The highest BCUT2D eigenvalue weighted by atomic mass is 79.9. The second-order valence-corrected chi connectivity index (χ2v) is 10.5. The number of alkyl halides is 1. The van der Waals surface area contributed by atoms with Gasteiger partial charge in [0.25, 0.3) is 15.8 Å². The average molecular weight is 579 g/mol. The van der Waals surface area contributed by atoms with E-state index >= 15 is 4.39 Å². The fourth-order valence-electron chi connectivity index (χ4n) is 3.94. The zero-order valence-corrected chi connectivity index (χ0v) is 21.0. The van der Waals surface area contributed by atoms with Gasteiger partial charge in [0.1, 0.15) is 11.9 Å². The molecule has 182 valence electrons. The van der Waals surface area contributed by atoms with Crippen LogP contribution in [0.15, 0.2) is 39.9 Å². The molecule has 2 unspecified atom stereocenters. The largest absolute Gasteiger partial charge is 0.376 e. The first-order valence-corrected chi connectivity index (χ1v) is 12.4.